The number of aliphatic hydroxyl groups excluding tert-OH is 2. The second kappa shape index (κ2) is 9.85. The Labute approximate surface area is 193 Å². The summed E-state index contributed by atoms with van der Waals surface area (Å²) in [6.45, 7) is 17.8. The van der Waals surface area contributed by atoms with E-state index in [4.69, 9.17) is 32.8 Å². The molecule has 2 N–H and O–H groups in total. The first-order valence-corrected chi connectivity index (χ1v) is 14.1. The monoisotopic (exact) mass is 480 g/mol. The van der Waals surface area contributed by atoms with Gasteiger partial charge in [0.2, 0.25) is 0 Å². The van der Waals surface area contributed by atoms with E-state index in [0.717, 1.165) is 0 Å². The van der Waals surface area contributed by atoms with E-state index in [1.165, 1.54) is 14.2 Å². The second-order valence-electron chi connectivity index (χ2n) is 11.1. The van der Waals surface area contributed by atoms with E-state index < -0.39 is 62.8 Å². The standard InChI is InChI=1S/C22H44O9Si/c1-20(2,3)32(10,11)31-18(19(25-8)26-9)17-15(24)16(29-22(6,7)30-17)14(23)13-12-27-21(4,5)28-13/h13-19,23-24H,12H2,1-11H3/t13-,14-,15-,16-,17-,18-/m1/s1. The first-order valence-electron chi connectivity index (χ1n) is 11.2. The van der Waals surface area contributed by atoms with E-state index in [1.807, 2.05) is 0 Å². The molecule has 0 amide bonds. The Balaban J connectivity index is 2.37. The summed E-state index contributed by atoms with van der Waals surface area (Å²) in [6, 6.07) is 0. The van der Waals surface area contributed by atoms with Gasteiger partial charge in [0.15, 0.2) is 26.2 Å². The fourth-order valence-electron chi connectivity index (χ4n) is 3.80. The van der Waals surface area contributed by atoms with Crippen molar-refractivity contribution in [2.45, 2.75) is 121 Å². The zero-order chi connectivity index (χ0) is 24.7. The van der Waals surface area contributed by atoms with Crippen molar-refractivity contribution in [1.82, 2.24) is 0 Å². The molecule has 2 heterocycles. The van der Waals surface area contributed by atoms with Crippen LogP contribution in [-0.2, 0) is 32.8 Å². The van der Waals surface area contributed by atoms with Gasteiger partial charge in [0.05, 0.1) is 6.61 Å². The molecule has 2 fully saturated rings. The topological polar surface area (TPSA) is 105 Å². The summed E-state index contributed by atoms with van der Waals surface area (Å²) < 4.78 is 41.3. The maximum atomic E-state index is 11.3. The van der Waals surface area contributed by atoms with Crippen LogP contribution in [0, 0.1) is 0 Å². The number of hydrogen-bond acceptors (Lipinski definition) is 9. The lowest BCUT2D eigenvalue weighted by Gasteiger charge is -2.50. The molecule has 2 saturated heterocycles. The van der Waals surface area contributed by atoms with E-state index in [-0.39, 0.29) is 11.6 Å². The van der Waals surface area contributed by atoms with E-state index in [9.17, 15) is 10.2 Å². The molecule has 0 saturated carbocycles. The summed E-state index contributed by atoms with van der Waals surface area (Å²) >= 11 is 0. The summed E-state index contributed by atoms with van der Waals surface area (Å²) in [6.07, 6.45) is -6.45. The van der Waals surface area contributed by atoms with Crippen molar-refractivity contribution in [2.75, 3.05) is 20.8 Å². The summed E-state index contributed by atoms with van der Waals surface area (Å²) in [4.78, 5) is 0. The molecule has 0 spiro atoms. The van der Waals surface area contributed by atoms with Gasteiger partial charge in [-0.2, -0.15) is 0 Å². The summed E-state index contributed by atoms with van der Waals surface area (Å²) in [5.41, 5.74) is 0. The van der Waals surface area contributed by atoms with Crippen molar-refractivity contribution in [2.24, 2.45) is 0 Å². The Morgan fingerprint density at radius 1 is 0.938 bits per heavy atom. The van der Waals surface area contributed by atoms with Crippen molar-refractivity contribution in [3.8, 4) is 0 Å². The summed E-state index contributed by atoms with van der Waals surface area (Å²) in [5.74, 6) is -1.92. The maximum absolute atomic E-state index is 11.3. The van der Waals surface area contributed by atoms with E-state index in [0.29, 0.717) is 0 Å². The predicted octanol–water partition coefficient (Wildman–Crippen LogP) is 2.39. The van der Waals surface area contributed by atoms with Crippen LogP contribution in [0.15, 0.2) is 0 Å². The Bertz CT molecular complexity index is 615. The molecule has 9 nitrogen and oxygen atoms in total. The highest BCUT2D eigenvalue weighted by molar-refractivity contribution is 6.74. The third-order valence-corrected chi connectivity index (χ3v) is 11.0. The SMILES string of the molecule is COC(OC)[C@H](O[Si](C)(C)C(C)(C)C)[C@@H]1OC(C)(C)O[C@H]([C@H](O)[C@H]2COC(C)(C)O2)[C@H]1O. The van der Waals surface area contributed by atoms with Gasteiger partial charge in [0.1, 0.15) is 36.6 Å². The Kier molecular flexibility index (Phi) is 8.64. The third-order valence-electron chi connectivity index (χ3n) is 6.55. The molecule has 6 atom stereocenters. The lowest BCUT2D eigenvalue weighted by atomic mass is 9.93. The fraction of sp³-hybridized carbons (Fsp3) is 1.00. The van der Waals surface area contributed by atoms with Crippen LogP contribution in [0.2, 0.25) is 18.1 Å². The van der Waals surface area contributed by atoms with Crippen molar-refractivity contribution in [3.05, 3.63) is 0 Å². The first-order chi connectivity index (χ1) is 14.4. The van der Waals surface area contributed by atoms with E-state index >= 15 is 0 Å². The molecule has 10 heteroatoms. The van der Waals surface area contributed by atoms with E-state index in [2.05, 4.69) is 33.9 Å². The second-order valence-corrected chi connectivity index (χ2v) is 15.9. The van der Waals surface area contributed by atoms with Crippen LogP contribution in [0.25, 0.3) is 0 Å². The molecule has 0 aromatic carbocycles. The van der Waals surface area contributed by atoms with Crippen LogP contribution in [-0.4, -0.2) is 93.8 Å². The molecular formula is C22H44O9Si. The van der Waals surface area contributed by atoms with Gasteiger partial charge in [0.25, 0.3) is 0 Å². The van der Waals surface area contributed by atoms with Gasteiger partial charge in [-0.05, 0) is 45.8 Å². The first kappa shape index (κ1) is 28.1. The van der Waals surface area contributed by atoms with Crippen LogP contribution in [0.4, 0.5) is 0 Å². The van der Waals surface area contributed by atoms with Crippen LogP contribution >= 0.6 is 0 Å². The zero-order valence-corrected chi connectivity index (χ0v) is 22.5. The molecule has 0 radical (unpaired) electrons. The molecule has 0 aromatic rings. The molecular weight excluding hydrogens is 436 g/mol. The highest BCUT2D eigenvalue weighted by atomic mass is 28.4. The highest BCUT2D eigenvalue weighted by Crippen LogP contribution is 2.41. The lowest BCUT2D eigenvalue weighted by Crippen LogP contribution is -2.66. The van der Waals surface area contributed by atoms with Crippen LogP contribution in [0.1, 0.15) is 48.5 Å². The third kappa shape index (κ3) is 6.29. The summed E-state index contributed by atoms with van der Waals surface area (Å²) in [7, 11) is 0.722. The van der Waals surface area contributed by atoms with Crippen molar-refractivity contribution in [3.63, 3.8) is 0 Å². The number of rotatable bonds is 8. The number of hydrogen-bond donors (Lipinski definition) is 2. The molecule has 32 heavy (non-hydrogen) atoms. The Morgan fingerprint density at radius 3 is 1.91 bits per heavy atom. The largest absolute Gasteiger partial charge is 0.406 e. The van der Waals surface area contributed by atoms with E-state index in [1.54, 1.807) is 27.7 Å². The van der Waals surface area contributed by atoms with Crippen molar-refractivity contribution >= 4 is 8.32 Å². The minimum Gasteiger partial charge on any atom is -0.406 e. The Morgan fingerprint density at radius 2 is 1.47 bits per heavy atom. The Hall–Kier alpha value is -0.143. The van der Waals surface area contributed by atoms with Crippen molar-refractivity contribution < 1.29 is 43.1 Å². The molecule has 0 aliphatic carbocycles. The number of ether oxygens (including phenoxy) is 6. The minimum atomic E-state index is -2.32. The highest BCUT2D eigenvalue weighted by Gasteiger charge is 2.55. The van der Waals surface area contributed by atoms with Crippen molar-refractivity contribution in [1.29, 1.82) is 0 Å². The summed E-state index contributed by atoms with van der Waals surface area (Å²) in [5, 5.41) is 22.3. The van der Waals surface area contributed by atoms with Gasteiger partial charge in [-0.25, -0.2) is 0 Å². The van der Waals surface area contributed by atoms with Gasteiger partial charge in [-0.3, -0.25) is 0 Å². The zero-order valence-electron chi connectivity index (χ0n) is 21.5. The molecule has 190 valence electrons. The molecule has 2 aliphatic rings. The average molecular weight is 481 g/mol. The smallest absolute Gasteiger partial charge is 0.192 e. The van der Waals surface area contributed by atoms with Crippen LogP contribution < -0.4 is 0 Å². The molecule has 0 bridgehead atoms. The van der Waals surface area contributed by atoms with Gasteiger partial charge in [-0.15, -0.1) is 0 Å². The van der Waals surface area contributed by atoms with Gasteiger partial charge >= 0.3 is 0 Å². The predicted molar refractivity (Wildman–Crippen MR) is 121 cm³/mol. The molecule has 0 aromatic heterocycles. The van der Waals surface area contributed by atoms with Crippen LogP contribution in [0.5, 0.6) is 0 Å². The molecule has 0 unspecified atom stereocenters. The normalized spacial score (nSPS) is 32.8. The fourth-order valence-corrected chi connectivity index (χ4v) is 5.08. The van der Waals surface area contributed by atoms with Crippen LogP contribution in [0.3, 0.4) is 0 Å². The van der Waals surface area contributed by atoms with Gasteiger partial charge in [0, 0.05) is 14.2 Å². The maximum Gasteiger partial charge on any atom is 0.192 e. The lowest BCUT2D eigenvalue weighted by molar-refractivity contribution is -0.369. The minimum absolute atomic E-state index is 0.0948. The molecule has 2 aliphatic heterocycles. The quantitative estimate of drug-likeness (QED) is 0.400. The number of methoxy groups -OCH3 is 2. The van der Waals surface area contributed by atoms with Gasteiger partial charge in [-0.1, -0.05) is 20.8 Å². The molecule has 2 rings (SSSR count). The average Bonchev–Trinajstić information content (AvgIpc) is 3.01. The number of aliphatic hydroxyl groups is 2. The van der Waals surface area contributed by atoms with Gasteiger partial charge < -0.3 is 43.1 Å².